The number of nitrogens with zero attached hydrogens (tertiary/aromatic N) is 1. The number of thioether (sulfide) groups is 1. The van der Waals surface area contributed by atoms with Crippen molar-refractivity contribution in [1.29, 1.82) is 0 Å². The van der Waals surface area contributed by atoms with Crippen molar-refractivity contribution in [2.75, 3.05) is 32.6 Å². The molecule has 0 aromatic heterocycles. The third-order valence-electron chi connectivity index (χ3n) is 4.90. The summed E-state index contributed by atoms with van der Waals surface area (Å²) in [4.78, 5) is 2.58. The van der Waals surface area contributed by atoms with Gasteiger partial charge < -0.3 is 10.2 Å². The average Bonchev–Trinajstić information content (AvgIpc) is 2.35. The lowest BCUT2D eigenvalue weighted by Gasteiger charge is -2.43. The second-order valence-corrected chi connectivity index (χ2v) is 8.12. The minimum absolute atomic E-state index is 0.529. The van der Waals surface area contributed by atoms with Crippen LogP contribution >= 0.6 is 11.8 Å². The van der Waals surface area contributed by atoms with Gasteiger partial charge in [-0.15, -0.1) is 0 Å². The second-order valence-electron chi connectivity index (χ2n) is 7.13. The van der Waals surface area contributed by atoms with Crippen LogP contribution in [0.15, 0.2) is 0 Å². The van der Waals surface area contributed by atoms with E-state index < -0.39 is 0 Å². The quantitative estimate of drug-likeness (QED) is 0.771. The van der Waals surface area contributed by atoms with Crippen LogP contribution in [0.5, 0.6) is 0 Å². The first-order valence-corrected chi connectivity index (χ1v) is 9.15. The number of nitrogens with one attached hydrogen (secondary N) is 1. The Bertz CT molecular complexity index is 255. The standard InChI is InChI=1S/C16H34N2S/c1-13(8-10-19-6)18(5)12-14-11-16(2,3)9-7-15(14)17-4/h13-15,17H,7-12H2,1-6H3. The Morgan fingerprint density at radius 3 is 2.68 bits per heavy atom. The molecule has 1 N–H and O–H groups in total. The van der Waals surface area contributed by atoms with E-state index in [0.717, 1.165) is 5.92 Å². The molecular formula is C16H34N2S. The maximum absolute atomic E-state index is 3.55. The van der Waals surface area contributed by atoms with Gasteiger partial charge in [0.25, 0.3) is 0 Å². The zero-order valence-corrected chi connectivity index (χ0v) is 14.6. The molecule has 0 saturated heterocycles. The number of hydrogen-bond acceptors (Lipinski definition) is 3. The van der Waals surface area contributed by atoms with E-state index in [4.69, 9.17) is 0 Å². The van der Waals surface area contributed by atoms with Crippen LogP contribution in [0, 0.1) is 11.3 Å². The maximum atomic E-state index is 3.55. The summed E-state index contributed by atoms with van der Waals surface area (Å²) in [6.45, 7) is 8.48. The molecule has 1 fully saturated rings. The van der Waals surface area contributed by atoms with Crippen molar-refractivity contribution < 1.29 is 0 Å². The van der Waals surface area contributed by atoms with Crippen LogP contribution in [0.25, 0.3) is 0 Å². The normalized spacial score (nSPS) is 28.6. The van der Waals surface area contributed by atoms with Crippen molar-refractivity contribution in [1.82, 2.24) is 10.2 Å². The van der Waals surface area contributed by atoms with Crippen LogP contribution in [0.1, 0.15) is 46.5 Å². The third kappa shape index (κ3) is 5.65. The van der Waals surface area contributed by atoms with Crippen LogP contribution in [-0.4, -0.2) is 49.6 Å². The molecule has 3 heteroatoms. The summed E-state index contributed by atoms with van der Waals surface area (Å²) >= 11 is 1.96. The van der Waals surface area contributed by atoms with Gasteiger partial charge in [-0.3, -0.25) is 0 Å². The molecule has 0 bridgehead atoms. The molecule has 3 atom stereocenters. The van der Waals surface area contributed by atoms with Crippen LogP contribution in [-0.2, 0) is 0 Å². The second kappa shape index (κ2) is 7.90. The van der Waals surface area contributed by atoms with E-state index >= 15 is 0 Å². The Labute approximate surface area is 125 Å². The van der Waals surface area contributed by atoms with E-state index in [1.807, 2.05) is 11.8 Å². The highest BCUT2D eigenvalue weighted by atomic mass is 32.2. The SMILES string of the molecule is CNC1CCC(C)(C)CC1CN(C)C(C)CCSC. The zero-order chi connectivity index (χ0) is 14.5. The fourth-order valence-corrected chi connectivity index (χ4v) is 3.94. The van der Waals surface area contributed by atoms with Gasteiger partial charge in [-0.2, -0.15) is 11.8 Å². The third-order valence-corrected chi connectivity index (χ3v) is 5.55. The van der Waals surface area contributed by atoms with E-state index in [1.165, 1.54) is 38.0 Å². The summed E-state index contributed by atoms with van der Waals surface area (Å²) in [5.74, 6) is 2.08. The molecule has 0 amide bonds. The lowest BCUT2D eigenvalue weighted by Crippen LogP contribution is -2.47. The van der Waals surface area contributed by atoms with Crippen LogP contribution in [0.2, 0.25) is 0 Å². The molecule has 0 aromatic carbocycles. The van der Waals surface area contributed by atoms with Gasteiger partial charge in [0.1, 0.15) is 0 Å². The summed E-state index contributed by atoms with van der Waals surface area (Å²) in [6.07, 6.45) is 7.56. The molecule has 1 aliphatic rings. The van der Waals surface area contributed by atoms with Gasteiger partial charge >= 0.3 is 0 Å². The van der Waals surface area contributed by atoms with E-state index in [1.54, 1.807) is 0 Å². The Morgan fingerprint density at radius 2 is 2.11 bits per heavy atom. The molecule has 1 rings (SSSR count). The first-order chi connectivity index (χ1) is 8.89. The molecule has 0 spiro atoms. The van der Waals surface area contributed by atoms with Gasteiger partial charge in [0.2, 0.25) is 0 Å². The minimum atomic E-state index is 0.529. The number of hydrogen-bond donors (Lipinski definition) is 1. The summed E-state index contributed by atoms with van der Waals surface area (Å²) in [6, 6.07) is 1.42. The van der Waals surface area contributed by atoms with E-state index in [-0.39, 0.29) is 0 Å². The topological polar surface area (TPSA) is 15.3 Å². The Morgan fingerprint density at radius 1 is 1.42 bits per heavy atom. The Hall–Kier alpha value is 0.270. The molecule has 0 aliphatic heterocycles. The highest BCUT2D eigenvalue weighted by Crippen LogP contribution is 2.39. The summed E-state index contributed by atoms with van der Waals surface area (Å²) in [7, 11) is 4.44. The molecule has 0 heterocycles. The van der Waals surface area contributed by atoms with E-state index in [2.05, 4.69) is 51.3 Å². The lowest BCUT2D eigenvalue weighted by molar-refractivity contribution is 0.0991. The summed E-state index contributed by atoms with van der Waals surface area (Å²) in [5, 5.41) is 3.55. The molecule has 0 radical (unpaired) electrons. The molecule has 1 saturated carbocycles. The first-order valence-electron chi connectivity index (χ1n) is 7.76. The Kier molecular flexibility index (Phi) is 7.20. The van der Waals surface area contributed by atoms with Gasteiger partial charge in [0.05, 0.1) is 0 Å². The fourth-order valence-electron chi connectivity index (χ4n) is 3.37. The van der Waals surface area contributed by atoms with Crippen LogP contribution in [0.3, 0.4) is 0 Å². The molecule has 3 unspecified atom stereocenters. The largest absolute Gasteiger partial charge is 0.317 e. The van der Waals surface area contributed by atoms with Gasteiger partial charge in [0.15, 0.2) is 0 Å². The molecular weight excluding hydrogens is 252 g/mol. The zero-order valence-electron chi connectivity index (χ0n) is 13.8. The first kappa shape index (κ1) is 17.3. The minimum Gasteiger partial charge on any atom is -0.317 e. The monoisotopic (exact) mass is 286 g/mol. The molecule has 0 aromatic rings. The predicted molar refractivity (Wildman–Crippen MR) is 89.1 cm³/mol. The molecule has 114 valence electrons. The predicted octanol–water partition coefficient (Wildman–Crippen LogP) is 3.47. The van der Waals surface area contributed by atoms with Gasteiger partial charge in [0, 0.05) is 18.6 Å². The summed E-state index contributed by atoms with van der Waals surface area (Å²) < 4.78 is 0. The van der Waals surface area contributed by atoms with Crippen molar-refractivity contribution in [3.63, 3.8) is 0 Å². The van der Waals surface area contributed by atoms with Crippen molar-refractivity contribution >= 4 is 11.8 Å². The van der Waals surface area contributed by atoms with Gasteiger partial charge in [-0.05, 0) is 70.0 Å². The van der Waals surface area contributed by atoms with Crippen molar-refractivity contribution in [2.24, 2.45) is 11.3 Å². The van der Waals surface area contributed by atoms with Crippen LogP contribution < -0.4 is 5.32 Å². The van der Waals surface area contributed by atoms with E-state index in [0.29, 0.717) is 17.5 Å². The molecule has 2 nitrogen and oxygen atoms in total. The summed E-state index contributed by atoms with van der Waals surface area (Å²) in [5.41, 5.74) is 0.529. The fraction of sp³-hybridized carbons (Fsp3) is 1.00. The lowest BCUT2D eigenvalue weighted by atomic mass is 9.69. The highest BCUT2D eigenvalue weighted by Gasteiger charge is 2.34. The molecule has 1 aliphatic carbocycles. The molecule has 19 heavy (non-hydrogen) atoms. The van der Waals surface area contributed by atoms with Crippen molar-refractivity contribution in [3.8, 4) is 0 Å². The van der Waals surface area contributed by atoms with Gasteiger partial charge in [-0.1, -0.05) is 13.8 Å². The Balaban J connectivity index is 2.51. The van der Waals surface area contributed by atoms with Crippen molar-refractivity contribution in [2.45, 2.75) is 58.5 Å². The smallest absolute Gasteiger partial charge is 0.0105 e. The maximum Gasteiger partial charge on any atom is 0.0105 e. The van der Waals surface area contributed by atoms with E-state index in [9.17, 15) is 0 Å². The van der Waals surface area contributed by atoms with Crippen molar-refractivity contribution in [3.05, 3.63) is 0 Å². The van der Waals surface area contributed by atoms with Gasteiger partial charge in [-0.25, -0.2) is 0 Å². The van der Waals surface area contributed by atoms with Crippen LogP contribution in [0.4, 0.5) is 0 Å². The number of rotatable bonds is 7. The highest BCUT2D eigenvalue weighted by molar-refractivity contribution is 7.98. The average molecular weight is 287 g/mol.